The molecule has 2 rings (SSSR count). The van der Waals surface area contributed by atoms with Crippen molar-refractivity contribution in [1.29, 1.82) is 5.41 Å². The molecule has 0 aromatic heterocycles. The lowest BCUT2D eigenvalue weighted by atomic mass is 10.1. The number of hydrogen-bond acceptors (Lipinski definition) is 2. The molecule has 21 heavy (non-hydrogen) atoms. The van der Waals surface area contributed by atoms with Gasteiger partial charge in [-0.25, -0.2) is 0 Å². The minimum absolute atomic E-state index is 0.0469. The summed E-state index contributed by atoms with van der Waals surface area (Å²) in [6.07, 6.45) is 0. The number of rotatable bonds is 4. The Labute approximate surface area is 134 Å². The quantitative estimate of drug-likeness (QED) is 0.644. The van der Waals surface area contributed by atoms with E-state index in [2.05, 4.69) is 0 Å². The van der Waals surface area contributed by atoms with Crippen molar-refractivity contribution in [2.45, 2.75) is 20.5 Å². The molecule has 0 heterocycles. The Hall–Kier alpha value is -1.71. The molecule has 0 atom stereocenters. The van der Waals surface area contributed by atoms with Crippen molar-refractivity contribution in [3.8, 4) is 5.75 Å². The zero-order valence-corrected chi connectivity index (χ0v) is 13.3. The van der Waals surface area contributed by atoms with Crippen LogP contribution in [0.5, 0.6) is 5.75 Å². The van der Waals surface area contributed by atoms with Crippen molar-refractivity contribution in [2.75, 3.05) is 0 Å². The lowest BCUT2D eigenvalue weighted by Crippen LogP contribution is -2.12. The molecule has 0 fully saturated rings. The molecule has 0 aliphatic carbocycles. The van der Waals surface area contributed by atoms with E-state index in [4.69, 9.17) is 39.1 Å². The summed E-state index contributed by atoms with van der Waals surface area (Å²) in [6, 6.07) is 9.13. The average Bonchev–Trinajstić information content (AvgIpc) is 2.42. The first-order valence-corrected chi connectivity index (χ1v) is 7.17. The van der Waals surface area contributed by atoms with E-state index in [-0.39, 0.29) is 5.84 Å². The first-order chi connectivity index (χ1) is 9.90. The normalized spacial score (nSPS) is 10.5. The van der Waals surface area contributed by atoms with E-state index in [0.29, 0.717) is 22.2 Å². The summed E-state index contributed by atoms with van der Waals surface area (Å²) >= 11 is 12.1. The van der Waals surface area contributed by atoms with E-state index in [1.165, 1.54) is 0 Å². The third kappa shape index (κ3) is 3.49. The Kier molecular flexibility index (Phi) is 4.76. The highest BCUT2D eigenvalue weighted by Crippen LogP contribution is 2.29. The zero-order chi connectivity index (χ0) is 15.6. The summed E-state index contributed by atoms with van der Waals surface area (Å²) in [5, 5.41) is 8.51. The van der Waals surface area contributed by atoms with Gasteiger partial charge in [0.2, 0.25) is 0 Å². The molecule has 110 valence electrons. The van der Waals surface area contributed by atoms with E-state index in [1.807, 2.05) is 38.1 Å². The van der Waals surface area contributed by atoms with Gasteiger partial charge in [0.25, 0.3) is 0 Å². The van der Waals surface area contributed by atoms with Crippen LogP contribution < -0.4 is 10.5 Å². The molecule has 0 unspecified atom stereocenters. The lowest BCUT2D eigenvalue weighted by Gasteiger charge is -2.14. The van der Waals surface area contributed by atoms with Gasteiger partial charge in [0, 0.05) is 11.1 Å². The van der Waals surface area contributed by atoms with Gasteiger partial charge in [-0.1, -0.05) is 35.3 Å². The number of nitrogens with two attached hydrogens (primary N) is 1. The van der Waals surface area contributed by atoms with Gasteiger partial charge in [-0.2, -0.15) is 0 Å². The summed E-state index contributed by atoms with van der Waals surface area (Å²) in [5.74, 6) is 0.821. The van der Waals surface area contributed by atoms with Crippen molar-refractivity contribution in [2.24, 2.45) is 5.73 Å². The van der Waals surface area contributed by atoms with Gasteiger partial charge >= 0.3 is 0 Å². The molecular weight excluding hydrogens is 307 g/mol. The first-order valence-electron chi connectivity index (χ1n) is 6.41. The maximum absolute atomic E-state index is 7.49. The summed E-state index contributed by atoms with van der Waals surface area (Å²) in [7, 11) is 0. The molecule has 2 aromatic carbocycles. The van der Waals surface area contributed by atoms with Crippen LogP contribution in [0.1, 0.15) is 22.3 Å². The number of ether oxygens (including phenoxy) is 1. The molecule has 0 aliphatic rings. The number of hydrogen-bond donors (Lipinski definition) is 2. The summed E-state index contributed by atoms with van der Waals surface area (Å²) in [6.45, 7) is 4.18. The van der Waals surface area contributed by atoms with Gasteiger partial charge in [-0.05, 0) is 43.2 Å². The Morgan fingerprint density at radius 1 is 1.19 bits per heavy atom. The van der Waals surface area contributed by atoms with Gasteiger partial charge in [0.1, 0.15) is 18.2 Å². The SMILES string of the molecule is Cc1cc(C(=N)N)cc(C)c1OCc1cccc(Cl)c1Cl. The fraction of sp³-hybridized carbons (Fsp3) is 0.188. The molecule has 2 aromatic rings. The molecule has 0 amide bonds. The molecule has 0 saturated heterocycles. The van der Waals surface area contributed by atoms with Crippen LogP contribution in [0, 0.1) is 19.3 Å². The maximum atomic E-state index is 7.49. The molecule has 3 nitrogen and oxygen atoms in total. The fourth-order valence-corrected chi connectivity index (χ4v) is 2.52. The summed E-state index contributed by atoms with van der Waals surface area (Å²) < 4.78 is 5.87. The van der Waals surface area contributed by atoms with Crippen molar-refractivity contribution >= 4 is 29.0 Å². The monoisotopic (exact) mass is 322 g/mol. The molecule has 0 bridgehead atoms. The topological polar surface area (TPSA) is 59.1 Å². The van der Waals surface area contributed by atoms with Crippen molar-refractivity contribution in [3.63, 3.8) is 0 Å². The number of benzene rings is 2. The average molecular weight is 323 g/mol. The highest BCUT2D eigenvalue weighted by atomic mass is 35.5. The third-order valence-electron chi connectivity index (χ3n) is 3.17. The van der Waals surface area contributed by atoms with Gasteiger partial charge in [-0.3, -0.25) is 5.41 Å². The second-order valence-electron chi connectivity index (χ2n) is 4.85. The zero-order valence-electron chi connectivity index (χ0n) is 11.8. The minimum atomic E-state index is 0.0469. The standard InChI is InChI=1S/C16H16Cl2N2O/c1-9-6-12(16(19)20)7-10(2)15(9)21-8-11-4-3-5-13(17)14(11)18/h3-7H,8H2,1-2H3,(H3,19,20). The van der Waals surface area contributed by atoms with E-state index in [0.717, 1.165) is 22.4 Å². The second-order valence-corrected chi connectivity index (χ2v) is 5.64. The van der Waals surface area contributed by atoms with E-state index in [9.17, 15) is 0 Å². The van der Waals surface area contributed by atoms with E-state index in [1.54, 1.807) is 6.07 Å². The van der Waals surface area contributed by atoms with Gasteiger partial charge < -0.3 is 10.5 Å². The lowest BCUT2D eigenvalue weighted by molar-refractivity contribution is 0.302. The first kappa shape index (κ1) is 15.7. The van der Waals surface area contributed by atoms with Crippen LogP contribution in [0.25, 0.3) is 0 Å². The Balaban J connectivity index is 2.24. The molecule has 5 heteroatoms. The van der Waals surface area contributed by atoms with Crippen LogP contribution in [-0.2, 0) is 6.61 Å². The summed E-state index contributed by atoms with van der Waals surface area (Å²) in [5.41, 5.74) is 8.90. The van der Waals surface area contributed by atoms with Crippen molar-refractivity contribution < 1.29 is 4.74 Å². The Bertz CT molecular complexity index is 676. The molecule has 0 aliphatic heterocycles. The highest BCUT2D eigenvalue weighted by molar-refractivity contribution is 6.42. The number of halogens is 2. The summed E-state index contributed by atoms with van der Waals surface area (Å²) in [4.78, 5) is 0. The van der Waals surface area contributed by atoms with Gasteiger partial charge in [0.05, 0.1) is 10.0 Å². The van der Waals surface area contributed by atoms with E-state index >= 15 is 0 Å². The molecule has 0 radical (unpaired) electrons. The van der Waals surface area contributed by atoms with E-state index < -0.39 is 0 Å². The second kappa shape index (κ2) is 6.37. The number of nitrogens with one attached hydrogen (secondary N) is 1. The Morgan fingerprint density at radius 3 is 2.38 bits per heavy atom. The molecule has 3 N–H and O–H groups in total. The largest absolute Gasteiger partial charge is 0.488 e. The highest BCUT2D eigenvalue weighted by Gasteiger charge is 2.10. The number of aryl methyl sites for hydroxylation is 2. The van der Waals surface area contributed by atoms with Crippen LogP contribution in [0.2, 0.25) is 10.0 Å². The van der Waals surface area contributed by atoms with Gasteiger partial charge in [-0.15, -0.1) is 0 Å². The van der Waals surface area contributed by atoms with Crippen molar-refractivity contribution in [1.82, 2.24) is 0 Å². The van der Waals surface area contributed by atoms with Crippen LogP contribution in [0.15, 0.2) is 30.3 Å². The molecule has 0 spiro atoms. The van der Waals surface area contributed by atoms with Crippen LogP contribution >= 0.6 is 23.2 Å². The predicted octanol–water partition coefficient (Wildman–Crippen LogP) is 4.47. The third-order valence-corrected chi connectivity index (χ3v) is 4.03. The van der Waals surface area contributed by atoms with Crippen LogP contribution in [-0.4, -0.2) is 5.84 Å². The van der Waals surface area contributed by atoms with Crippen LogP contribution in [0.4, 0.5) is 0 Å². The minimum Gasteiger partial charge on any atom is -0.488 e. The molecular formula is C16H16Cl2N2O. The van der Waals surface area contributed by atoms with Crippen molar-refractivity contribution in [3.05, 3.63) is 62.6 Å². The molecule has 0 saturated carbocycles. The fourth-order valence-electron chi connectivity index (χ4n) is 2.14. The predicted molar refractivity (Wildman–Crippen MR) is 87.7 cm³/mol. The number of nitrogen functional groups attached to an aromatic ring is 1. The maximum Gasteiger partial charge on any atom is 0.125 e. The van der Waals surface area contributed by atoms with Gasteiger partial charge in [0.15, 0.2) is 0 Å². The van der Waals surface area contributed by atoms with Crippen LogP contribution in [0.3, 0.4) is 0 Å². The Morgan fingerprint density at radius 2 is 1.81 bits per heavy atom. The number of amidine groups is 1. The smallest absolute Gasteiger partial charge is 0.125 e.